The van der Waals surface area contributed by atoms with Gasteiger partial charge in [-0.05, 0) is 36.2 Å². The molecule has 3 nitrogen and oxygen atoms in total. The van der Waals surface area contributed by atoms with Gasteiger partial charge in [0.2, 0.25) is 0 Å². The summed E-state index contributed by atoms with van der Waals surface area (Å²) in [5.41, 5.74) is -2.78. The third kappa shape index (κ3) is 2.43. The Hall–Kier alpha value is -1.77. The molecule has 2 aromatic rings. The van der Waals surface area contributed by atoms with Crippen LogP contribution in [0.5, 0.6) is 0 Å². The summed E-state index contributed by atoms with van der Waals surface area (Å²) >= 11 is 4.07. The van der Waals surface area contributed by atoms with Gasteiger partial charge in [0, 0.05) is 12.3 Å². The van der Waals surface area contributed by atoms with Crippen LogP contribution in [0.1, 0.15) is 11.3 Å². The van der Waals surface area contributed by atoms with Crippen LogP contribution < -0.4 is 5.56 Å². The van der Waals surface area contributed by atoms with Gasteiger partial charge in [0.25, 0.3) is 5.56 Å². The number of hydrogen-bond donors (Lipinski definition) is 0. The van der Waals surface area contributed by atoms with Gasteiger partial charge in [-0.1, -0.05) is 0 Å². The Balaban J connectivity index is 2.71. The lowest BCUT2D eigenvalue weighted by Gasteiger charge is -2.28. The van der Waals surface area contributed by atoms with Crippen LogP contribution in [-0.2, 0) is 5.92 Å². The van der Waals surface area contributed by atoms with Crippen LogP contribution in [0, 0.1) is 6.92 Å². The lowest BCUT2D eigenvalue weighted by atomic mass is 10.1. The molecule has 120 valence electrons. The molecule has 0 spiro atoms. The fraction of sp³-hybridized carbons (Fsp3) is 0.333. The fourth-order valence-corrected chi connectivity index (χ4v) is 1.82. The quantitative estimate of drug-likeness (QED) is 0.630. The second-order valence-electron chi connectivity index (χ2n) is 4.56. The minimum absolute atomic E-state index is 0.0683. The molecular formula is C12H7ClF6N2O. The van der Waals surface area contributed by atoms with Gasteiger partial charge in [-0.15, -0.1) is 0 Å². The summed E-state index contributed by atoms with van der Waals surface area (Å²) < 4.78 is 79.9. The maximum atomic E-state index is 13.7. The standard InChI is InChI=1S/C12H7ClF6N2O/c1-6-2-3-21-8(4-6)20-7(5-9(21)22)10(14,15)11(16,17)12(13,18)19/h2-5H,1H3. The topological polar surface area (TPSA) is 34.4 Å². The van der Waals surface area contributed by atoms with Crippen molar-refractivity contribution in [2.24, 2.45) is 0 Å². The van der Waals surface area contributed by atoms with Crippen LogP contribution in [0.3, 0.4) is 0 Å². The van der Waals surface area contributed by atoms with Crippen LogP contribution in [0.15, 0.2) is 29.2 Å². The zero-order chi connectivity index (χ0) is 16.9. The maximum Gasteiger partial charge on any atom is 0.392 e. The summed E-state index contributed by atoms with van der Waals surface area (Å²) in [6.45, 7) is 1.54. The largest absolute Gasteiger partial charge is 0.392 e. The van der Waals surface area contributed by atoms with E-state index in [1.165, 1.54) is 12.3 Å². The fourth-order valence-electron chi connectivity index (χ4n) is 1.70. The first-order chi connectivity index (χ1) is 9.88. The SMILES string of the molecule is Cc1ccn2c(=O)cc(C(F)(F)C(F)(F)C(F)(F)Cl)nc2c1. The number of halogens is 7. The van der Waals surface area contributed by atoms with E-state index in [2.05, 4.69) is 16.6 Å². The van der Waals surface area contributed by atoms with Crippen molar-refractivity contribution < 1.29 is 26.3 Å². The van der Waals surface area contributed by atoms with Crippen molar-refractivity contribution >= 4 is 17.2 Å². The highest BCUT2D eigenvalue weighted by Crippen LogP contribution is 2.52. The molecule has 0 saturated heterocycles. The number of pyridine rings is 1. The Morgan fingerprint density at radius 3 is 2.27 bits per heavy atom. The first-order valence-electron chi connectivity index (χ1n) is 5.71. The molecule has 2 rings (SSSR count). The van der Waals surface area contributed by atoms with Gasteiger partial charge in [0.1, 0.15) is 11.3 Å². The number of aromatic nitrogens is 2. The van der Waals surface area contributed by atoms with Crippen LogP contribution >= 0.6 is 11.6 Å². The summed E-state index contributed by atoms with van der Waals surface area (Å²) in [6.07, 6.45) is 1.19. The third-order valence-electron chi connectivity index (χ3n) is 2.89. The summed E-state index contributed by atoms with van der Waals surface area (Å²) in [5, 5.41) is -5.52. The molecule has 0 aliphatic heterocycles. The molecule has 0 aliphatic carbocycles. The van der Waals surface area contributed by atoms with E-state index >= 15 is 0 Å². The van der Waals surface area contributed by atoms with Gasteiger partial charge in [0.05, 0.1) is 0 Å². The zero-order valence-electron chi connectivity index (χ0n) is 10.8. The zero-order valence-corrected chi connectivity index (χ0v) is 11.5. The van der Waals surface area contributed by atoms with Gasteiger partial charge in [-0.3, -0.25) is 9.20 Å². The number of alkyl halides is 7. The van der Waals surface area contributed by atoms with Crippen molar-refractivity contribution in [1.82, 2.24) is 9.38 Å². The summed E-state index contributed by atoms with van der Waals surface area (Å²) in [4.78, 5) is 14.8. The molecule has 2 aromatic heterocycles. The number of rotatable bonds is 3. The monoisotopic (exact) mass is 344 g/mol. The molecule has 0 radical (unpaired) electrons. The molecule has 0 N–H and O–H groups in total. The molecule has 0 fully saturated rings. The summed E-state index contributed by atoms with van der Waals surface area (Å²) in [7, 11) is 0. The lowest BCUT2D eigenvalue weighted by Crippen LogP contribution is -2.50. The Kier molecular flexibility index (Phi) is 3.67. The molecule has 2 heterocycles. The Morgan fingerprint density at radius 2 is 1.73 bits per heavy atom. The number of hydrogen-bond acceptors (Lipinski definition) is 2. The predicted octanol–water partition coefficient (Wildman–Crippen LogP) is 3.56. The first-order valence-corrected chi connectivity index (χ1v) is 6.08. The highest BCUT2D eigenvalue weighted by atomic mass is 35.5. The molecule has 0 saturated carbocycles. The number of fused-ring (bicyclic) bond motifs is 1. The third-order valence-corrected chi connectivity index (χ3v) is 3.13. The minimum atomic E-state index is -5.93. The molecule has 0 aliphatic rings. The average molecular weight is 345 g/mol. The highest BCUT2D eigenvalue weighted by Gasteiger charge is 2.72. The average Bonchev–Trinajstić information content (AvgIpc) is 2.36. The summed E-state index contributed by atoms with van der Waals surface area (Å²) in [5.74, 6) is -11.4. The van der Waals surface area contributed by atoms with Crippen molar-refractivity contribution in [1.29, 1.82) is 0 Å². The second kappa shape index (κ2) is 4.87. The molecule has 10 heteroatoms. The van der Waals surface area contributed by atoms with Gasteiger partial charge >= 0.3 is 17.2 Å². The van der Waals surface area contributed by atoms with Crippen LogP contribution in [-0.4, -0.2) is 20.7 Å². The van der Waals surface area contributed by atoms with E-state index < -0.39 is 28.5 Å². The van der Waals surface area contributed by atoms with Crippen molar-refractivity contribution in [2.75, 3.05) is 0 Å². The highest BCUT2D eigenvalue weighted by molar-refractivity contribution is 6.22. The molecule has 0 aromatic carbocycles. The normalized spacial score (nSPS) is 13.6. The maximum absolute atomic E-state index is 13.7. The van der Waals surface area contributed by atoms with E-state index in [-0.39, 0.29) is 11.7 Å². The number of aryl methyl sites for hydroxylation is 1. The second-order valence-corrected chi connectivity index (χ2v) is 5.03. The number of nitrogens with zero attached hydrogens (tertiary/aromatic N) is 2. The van der Waals surface area contributed by atoms with Crippen LogP contribution in [0.25, 0.3) is 5.65 Å². The van der Waals surface area contributed by atoms with Crippen molar-refractivity contribution in [3.05, 3.63) is 46.0 Å². The van der Waals surface area contributed by atoms with Crippen molar-refractivity contribution in [3.63, 3.8) is 0 Å². The first kappa shape index (κ1) is 16.6. The van der Waals surface area contributed by atoms with Gasteiger partial charge in [-0.2, -0.15) is 26.3 Å². The molecular weight excluding hydrogens is 338 g/mol. The smallest absolute Gasteiger partial charge is 0.269 e. The molecule has 0 unspecified atom stereocenters. The van der Waals surface area contributed by atoms with Crippen LogP contribution in [0.2, 0.25) is 0 Å². The minimum Gasteiger partial charge on any atom is -0.269 e. The summed E-state index contributed by atoms with van der Waals surface area (Å²) in [6, 6.07) is 2.69. The van der Waals surface area contributed by atoms with E-state index in [0.29, 0.717) is 5.56 Å². The van der Waals surface area contributed by atoms with E-state index in [9.17, 15) is 31.1 Å². The lowest BCUT2D eigenvalue weighted by molar-refractivity contribution is -0.287. The molecule has 0 bridgehead atoms. The molecule has 0 amide bonds. The van der Waals surface area contributed by atoms with Crippen LogP contribution in [0.4, 0.5) is 26.3 Å². The van der Waals surface area contributed by atoms with Crippen molar-refractivity contribution in [2.45, 2.75) is 24.2 Å². The Labute approximate surface area is 124 Å². The predicted molar refractivity (Wildman–Crippen MR) is 65.8 cm³/mol. The van der Waals surface area contributed by atoms with Gasteiger partial charge < -0.3 is 0 Å². The van der Waals surface area contributed by atoms with Gasteiger partial charge in [-0.25, -0.2) is 4.98 Å². The van der Waals surface area contributed by atoms with E-state index in [1.807, 2.05) is 0 Å². The molecule has 0 atom stereocenters. The molecule has 22 heavy (non-hydrogen) atoms. The Bertz CT molecular complexity index is 783. The van der Waals surface area contributed by atoms with Crippen molar-refractivity contribution in [3.8, 4) is 0 Å². The Morgan fingerprint density at radius 1 is 1.14 bits per heavy atom. The van der Waals surface area contributed by atoms with E-state index in [4.69, 9.17) is 0 Å². The van der Waals surface area contributed by atoms with E-state index in [0.717, 1.165) is 10.5 Å². The van der Waals surface area contributed by atoms with E-state index in [1.54, 1.807) is 6.92 Å². The van der Waals surface area contributed by atoms with Gasteiger partial charge in [0.15, 0.2) is 0 Å².